The molecule has 108 valence electrons. The summed E-state index contributed by atoms with van der Waals surface area (Å²) in [6.45, 7) is 1.74. The molecule has 0 bridgehead atoms. The molecule has 0 spiro atoms. The summed E-state index contributed by atoms with van der Waals surface area (Å²) < 4.78 is 3.74. The second-order valence-corrected chi connectivity index (χ2v) is 5.98. The van der Waals surface area contributed by atoms with E-state index in [1.807, 2.05) is 17.5 Å². The molecule has 0 saturated heterocycles. The summed E-state index contributed by atoms with van der Waals surface area (Å²) in [6, 6.07) is 9.20. The minimum atomic E-state index is -0.256. The first-order chi connectivity index (χ1) is 10.7. The van der Waals surface area contributed by atoms with Gasteiger partial charge in [-0.2, -0.15) is 5.26 Å². The Labute approximate surface area is 134 Å². The van der Waals surface area contributed by atoms with Gasteiger partial charge in [0, 0.05) is 10.9 Å². The summed E-state index contributed by atoms with van der Waals surface area (Å²) >= 11 is 2.40. The zero-order chi connectivity index (χ0) is 15.5. The molecule has 2 heterocycles. The van der Waals surface area contributed by atoms with Crippen molar-refractivity contribution in [2.24, 2.45) is 0 Å². The highest BCUT2D eigenvalue weighted by Gasteiger charge is 2.15. The van der Waals surface area contributed by atoms with E-state index in [0.717, 1.165) is 22.8 Å². The van der Waals surface area contributed by atoms with Crippen molar-refractivity contribution in [1.29, 1.82) is 5.26 Å². The first-order valence-electron chi connectivity index (χ1n) is 6.24. The van der Waals surface area contributed by atoms with Gasteiger partial charge in [-0.1, -0.05) is 16.6 Å². The lowest BCUT2D eigenvalue weighted by molar-refractivity contribution is 0.103. The molecule has 0 radical (unpaired) electrons. The maximum Gasteiger partial charge on any atom is 0.271 e. The smallest absolute Gasteiger partial charge is 0.271 e. The van der Waals surface area contributed by atoms with E-state index in [-0.39, 0.29) is 5.91 Å². The highest BCUT2D eigenvalue weighted by Crippen LogP contribution is 2.25. The fraction of sp³-hybridized carbons (Fsp3) is 0.0714. The van der Waals surface area contributed by atoms with Gasteiger partial charge in [0.15, 0.2) is 5.13 Å². The van der Waals surface area contributed by atoms with Gasteiger partial charge in [-0.25, -0.2) is 4.98 Å². The molecule has 0 atom stereocenters. The van der Waals surface area contributed by atoms with Crippen LogP contribution in [0.3, 0.4) is 0 Å². The van der Waals surface area contributed by atoms with Crippen molar-refractivity contribution in [2.75, 3.05) is 5.32 Å². The van der Waals surface area contributed by atoms with Gasteiger partial charge in [-0.15, -0.1) is 16.4 Å². The van der Waals surface area contributed by atoms with E-state index in [0.29, 0.717) is 21.3 Å². The molecule has 3 rings (SSSR count). The number of carbonyl (C=O) groups excluding carboxylic acids is 1. The number of anilines is 1. The summed E-state index contributed by atoms with van der Waals surface area (Å²) in [5.74, 6) is -0.256. The average molecular weight is 327 g/mol. The standard InChI is InChI=1S/C14H9N5OS2/c1-8-12(22-19-18-8)13(20)17-14-16-11(7-21-14)10-4-2-9(6-15)3-5-10/h2-5,7H,1H3,(H,16,17,20). The maximum absolute atomic E-state index is 12.1. The normalized spacial score (nSPS) is 10.2. The van der Waals surface area contributed by atoms with Crippen LogP contribution in [0.4, 0.5) is 5.13 Å². The van der Waals surface area contributed by atoms with E-state index in [4.69, 9.17) is 5.26 Å². The minimum Gasteiger partial charge on any atom is -0.297 e. The van der Waals surface area contributed by atoms with Gasteiger partial charge in [0.2, 0.25) is 0 Å². The van der Waals surface area contributed by atoms with Crippen molar-refractivity contribution >= 4 is 33.9 Å². The highest BCUT2D eigenvalue weighted by atomic mass is 32.1. The largest absolute Gasteiger partial charge is 0.297 e. The van der Waals surface area contributed by atoms with Crippen LogP contribution in [0.15, 0.2) is 29.6 Å². The quantitative estimate of drug-likeness (QED) is 0.798. The van der Waals surface area contributed by atoms with Crippen LogP contribution in [-0.2, 0) is 0 Å². The number of amides is 1. The number of nitrogens with one attached hydrogen (secondary N) is 1. The first kappa shape index (κ1) is 14.3. The molecule has 0 saturated carbocycles. The zero-order valence-electron chi connectivity index (χ0n) is 11.4. The van der Waals surface area contributed by atoms with Crippen molar-refractivity contribution in [3.05, 3.63) is 45.8 Å². The predicted molar refractivity (Wildman–Crippen MR) is 84.9 cm³/mol. The van der Waals surface area contributed by atoms with Crippen molar-refractivity contribution in [3.63, 3.8) is 0 Å². The van der Waals surface area contributed by atoms with E-state index in [9.17, 15) is 4.79 Å². The number of nitriles is 1. The Hall–Kier alpha value is -2.63. The van der Waals surface area contributed by atoms with Crippen LogP contribution in [0.2, 0.25) is 0 Å². The molecule has 0 aliphatic rings. The van der Waals surface area contributed by atoms with E-state index >= 15 is 0 Å². The van der Waals surface area contributed by atoms with Gasteiger partial charge in [0.25, 0.3) is 5.91 Å². The molecule has 1 N–H and O–H groups in total. The maximum atomic E-state index is 12.1. The number of rotatable bonds is 3. The average Bonchev–Trinajstić information content (AvgIpc) is 3.16. The number of aromatic nitrogens is 3. The molecule has 0 aliphatic carbocycles. The Morgan fingerprint density at radius 3 is 2.73 bits per heavy atom. The minimum absolute atomic E-state index is 0.256. The molecule has 6 nitrogen and oxygen atoms in total. The van der Waals surface area contributed by atoms with Gasteiger partial charge < -0.3 is 0 Å². The molecule has 1 aromatic carbocycles. The third-order valence-electron chi connectivity index (χ3n) is 2.89. The van der Waals surface area contributed by atoms with Gasteiger partial charge in [0.05, 0.1) is 23.0 Å². The number of aryl methyl sites for hydroxylation is 1. The highest BCUT2D eigenvalue weighted by molar-refractivity contribution is 7.14. The fourth-order valence-electron chi connectivity index (χ4n) is 1.77. The van der Waals surface area contributed by atoms with Crippen LogP contribution in [0.1, 0.15) is 20.9 Å². The van der Waals surface area contributed by atoms with Gasteiger partial charge in [-0.3, -0.25) is 10.1 Å². The van der Waals surface area contributed by atoms with Crippen LogP contribution in [0.25, 0.3) is 11.3 Å². The number of carbonyl (C=O) groups is 1. The molecule has 22 heavy (non-hydrogen) atoms. The van der Waals surface area contributed by atoms with Crippen LogP contribution in [-0.4, -0.2) is 20.5 Å². The Morgan fingerprint density at radius 1 is 1.32 bits per heavy atom. The Morgan fingerprint density at radius 2 is 2.09 bits per heavy atom. The lowest BCUT2D eigenvalue weighted by Crippen LogP contribution is -2.11. The molecule has 1 amide bonds. The fourth-order valence-corrected chi connectivity index (χ4v) is 3.04. The first-order valence-corrected chi connectivity index (χ1v) is 7.89. The molecular weight excluding hydrogens is 318 g/mol. The number of hydrogen-bond donors (Lipinski definition) is 1. The van der Waals surface area contributed by atoms with E-state index < -0.39 is 0 Å². The monoisotopic (exact) mass is 327 g/mol. The SMILES string of the molecule is Cc1nnsc1C(=O)Nc1nc(-c2ccc(C#N)cc2)cs1. The summed E-state index contributed by atoms with van der Waals surface area (Å²) in [7, 11) is 0. The lowest BCUT2D eigenvalue weighted by Gasteiger charge is -1.99. The Kier molecular flexibility index (Phi) is 3.91. The molecule has 0 fully saturated rings. The molecule has 8 heteroatoms. The Balaban J connectivity index is 1.77. The van der Waals surface area contributed by atoms with Crippen LogP contribution in [0.5, 0.6) is 0 Å². The van der Waals surface area contributed by atoms with Crippen LogP contribution in [0, 0.1) is 18.3 Å². The van der Waals surface area contributed by atoms with E-state index in [2.05, 4.69) is 26.0 Å². The van der Waals surface area contributed by atoms with E-state index in [1.54, 1.807) is 19.1 Å². The topological polar surface area (TPSA) is 91.6 Å². The number of hydrogen-bond acceptors (Lipinski definition) is 7. The van der Waals surface area contributed by atoms with E-state index in [1.165, 1.54) is 11.3 Å². The molecule has 3 aromatic rings. The summed E-state index contributed by atoms with van der Waals surface area (Å²) in [6.07, 6.45) is 0. The number of thiazole rings is 1. The lowest BCUT2D eigenvalue weighted by atomic mass is 10.1. The number of benzene rings is 1. The second kappa shape index (κ2) is 6.01. The predicted octanol–water partition coefficient (Wildman–Crippen LogP) is 3.09. The van der Waals surface area contributed by atoms with Gasteiger partial charge in [0.1, 0.15) is 4.88 Å². The van der Waals surface area contributed by atoms with Crippen molar-refractivity contribution < 1.29 is 4.79 Å². The summed E-state index contributed by atoms with van der Waals surface area (Å²) in [5.41, 5.74) is 2.85. The molecule has 0 aliphatic heterocycles. The third kappa shape index (κ3) is 2.86. The third-order valence-corrected chi connectivity index (χ3v) is 4.48. The molecular formula is C14H9N5OS2. The van der Waals surface area contributed by atoms with Crippen LogP contribution >= 0.6 is 22.9 Å². The van der Waals surface area contributed by atoms with Crippen molar-refractivity contribution in [1.82, 2.24) is 14.6 Å². The zero-order valence-corrected chi connectivity index (χ0v) is 13.0. The molecule has 0 unspecified atom stereocenters. The van der Waals surface area contributed by atoms with Gasteiger partial charge in [-0.05, 0) is 30.6 Å². The molecule has 2 aromatic heterocycles. The van der Waals surface area contributed by atoms with Crippen LogP contribution < -0.4 is 5.32 Å². The summed E-state index contributed by atoms with van der Waals surface area (Å²) in [5, 5.41) is 17.7. The van der Waals surface area contributed by atoms with Crippen molar-refractivity contribution in [3.8, 4) is 17.3 Å². The van der Waals surface area contributed by atoms with Crippen molar-refractivity contribution in [2.45, 2.75) is 6.92 Å². The van der Waals surface area contributed by atoms with Gasteiger partial charge >= 0.3 is 0 Å². The second-order valence-electron chi connectivity index (χ2n) is 4.37. The Bertz CT molecular complexity index is 860. The number of nitrogens with zero attached hydrogens (tertiary/aromatic N) is 4. The summed E-state index contributed by atoms with van der Waals surface area (Å²) in [4.78, 5) is 16.9.